The number of nitrogens with zero attached hydrogens (tertiary/aromatic N) is 2. The van der Waals surface area contributed by atoms with E-state index in [1.807, 2.05) is 42.5 Å². The molecule has 0 bridgehead atoms. The Kier molecular flexibility index (Phi) is 7.55. The van der Waals surface area contributed by atoms with Crippen LogP contribution in [-0.4, -0.2) is 34.7 Å². The molecule has 0 aliphatic heterocycles. The predicted molar refractivity (Wildman–Crippen MR) is 133 cm³/mol. The molecular formula is C27H28N4O3. The van der Waals surface area contributed by atoms with E-state index in [2.05, 4.69) is 27.3 Å². The minimum Gasteiger partial charge on any atom is -0.462 e. The van der Waals surface area contributed by atoms with E-state index in [1.54, 1.807) is 31.2 Å². The molecular weight excluding hydrogens is 428 g/mol. The molecule has 0 aliphatic rings. The van der Waals surface area contributed by atoms with Gasteiger partial charge in [0.1, 0.15) is 5.82 Å². The molecule has 0 aliphatic carbocycles. The standard InChI is InChI=1S/C27H28N4O3/c1-2-34-26(32)21-12-6-7-13-22(21)30-27(33)28-18-19-31-24-15-9-8-14-23(24)29-25(31)17-16-20-10-4-3-5-11-20/h3-15H,2,16-19H2,1H3,(H2,28,30,33). The quantitative estimate of drug-likeness (QED) is 0.354. The van der Waals surface area contributed by atoms with E-state index in [-0.39, 0.29) is 12.6 Å². The molecule has 2 N–H and O–H groups in total. The monoisotopic (exact) mass is 456 g/mol. The number of rotatable bonds is 9. The minimum atomic E-state index is -0.466. The zero-order chi connectivity index (χ0) is 23.8. The van der Waals surface area contributed by atoms with Crippen molar-refractivity contribution in [1.82, 2.24) is 14.9 Å². The lowest BCUT2D eigenvalue weighted by atomic mass is 10.1. The van der Waals surface area contributed by atoms with Crippen molar-refractivity contribution in [3.63, 3.8) is 0 Å². The second-order valence-electron chi connectivity index (χ2n) is 7.80. The summed E-state index contributed by atoms with van der Waals surface area (Å²) in [5.41, 5.74) is 3.98. The molecule has 0 atom stereocenters. The Labute approximate surface area is 198 Å². The first-order valence-corrected chi connectivity index (χ1v) is 11.4. The minimum absolute atomic E-state index is 0.269. The summed E-state index contributed by atoms with van der Waals surface area (Å²) in [5.74, 6) is 0.520. The molecule has 4 aromatic rings. The molecule has 0 radical (unpaired) electrons. The number of para-hydroxylation sites is 3. The fourth-order valence-electron chi connectivity index (χ4n) is 3.89. The van der Waals surface area contributed by atoms with Crippen molar-refractivity contribution in [2.24, 2.45) is 0 Å². The normalized spacial score (nSPS) is 10.7. The maximum Gasteiger partial charge on any atom is 0.340 e. The lowest BCUT2D eigenvalue weighted by molar-refractivity contribution is 0.0527. The number of nitrogens with one attached hydrogen (secondary N) is 2. The average molecular weight is 457 g/mol. The van der Waals surface area contributed by atoms with Crippen LogP contribution in [0.2, 0.25) is 0 Å². The summed E-state index contributed by atoms with van der Waals surface area (Å²) in [5, 5.41) is 5.64. The SMILES string of the molecule is CCOC(=O)c1ccccc1NC(=O)NCCn1c(CCc2ccccc2)nc2ccccc21. The second kappa shape index (κ2) is 11.1. The van der Waals surface area contributed by atoms with Crippen molar-refractivity contribution in [1.29, 1.82) is 0 Å². The Balaban J connectivity index is 1.41. The fourth-order valence-corrected chi connectivity index (χ4v) is 3.89. The molecule has 1 aromatic heterocycles. The highest BCUT2D eigenvalue weighted by Crippen LogP contribution is 2.18. The van der Waals surface area contributed by atoms with Crippen molar-refractivity contribution in [3.8, 4) is 0 Å². The lowest BCUT2D eigenvalue weighted by Crippen LogP contribution is -2.32. The second-order valence-corrected chi connectivity index (χ2v) is 7.80. The summed E-state index contributed by atoms with van der Waals surface area (Å²) < 4.78 is 7.23. The molecule has 1 heterocycles. The lowest BCUT2D eigenvalue weighted by Gasteiger charge is -2.13. The van der Waals surface area contributed by atoms with Crippen LogP contribution in [0, 0.1) is 0 Å². The molecule has 174 valence electrons. The van der Waals surface area contributed by atoms with Gasteiger partial charge in [-0.2, -0.15) is 0 Å². The van der Waals surface area contributed by atoms with Crippen LogP contribution >= 0.6 is 0 Å². The van der Waals surface area contributed by atoms with E-state index >= 15 is 0 Å². The van der Waals surface area contributed by atoms with Crippen molar-refractivity contribution in [2.45, 2.75) is 26.3 Å². The highest BCUT2D eigenvalue weighted by molar-refractivity contribution is 6.00. The van der Waals surface area contributed by atoms with Crippen molar-refractivity contribution >= 4 is 28.7 Å². The summed E-state index contributed by atoms with van der Waals surface area (Å²) >= 11 is 0. The van der Waals surface area contributed by atoms with Gasteiger partial charge in [0.25, 0.3) is 0 Å². The smallest absolute Gasteiger partial charge is 0.340 e. The highest BCUT2D eigenvalue weighted by atomic mass is 16.5. The molecule has 0 saturated carbocycles. The van der Waals surface area contributed by atoms with Gasteiger partial charge in [0, 0.05) is 19.5 Å². The average Bonchev–Trinajstić information content (AvgIpc) is 3.21. The summed E-state index contributed by atoms with van der Waals surface area (Å²) in [6.07, 6.45) is 1.69. The molecule has 0 saturated heterocycles. The number of ether oxygens (including phenoxy) is 1. The van der Waals surface area contributed by atoms with Crippen LogP contribution < -0.4 is 10.6 Å². The summed E-state index contributed by atoms with van der Waals surface area (Å²) in [7, 11) is 0. The predicted octanol–water partition coefficient (Wildman–Crippen LogP) is 4.82. The molecule has 7 heteroatoms. The van der Waals surface area contributed by atoms with E-state index in [9.17, 15) is 9.59 Å². The maximum atomic E-state index is 12.5. The Morgan fingerprint density at radius 3 is 2.47 bits per heavy atom. The number of aryl methyl sites for hydroxylation is 2. The van der Waals surface area contributed by atoms with Gasteiger partial charge in [-0.25, -0.2) is 14.6 Å². The molecule has 0 fully saturated rings. The van der Waals surface area contributed by atoms with Gasteiger partial charge in [0.2, 0.25) is 0 Å². The summed E-state index contributed by atoms with van der Waals surface area (Å²) in [4.78, 5) is 29.5. The number of esters is 1. The molecule has 0 spiro atoms. The number of amides is 2. The molecule has 2 amide bonds. The van der Waals surface area contributed by atoms with Crippen LogP contribution in [0.1, 0.15) is 28.7 Å². The number of fused-ring (bicyclic) bond motifs is 1. The van der Waals surface area contributed by atoms with Gasteiger partial charge in [-0.15, -0.1) is 0 Å². The number of benzene rings is 3. The third-order valence-electron chi connectivity index (χ3n) is 5.51. The van der Waals surface area contributed by atoms with Gasteiger partial charge < -0.3 is 19.9 Å². The Hall–Kier alpha value is -4.13. The third kappa shape index (κ3) is 5.61. The van der Waals surface area contributed by atoms with Gasteiger partial charge in [-0.05, 0) is 43.2 Å². The first kappa shape index (κ1) is 23.0. The maximum absolute atomic E-state index is 12.5. The number of anilines is 1. The van der Waals surface area contributed by atoms with Crippen molar-refractivity contribution < 1.29 is 14.3 Å². The first-order valence-electron chi connectivity index (χ1n) is 11.4. The van der Waals surface area contributed by atoms with Gasteiger partial charge in [0.15, 0.2) is 0 Å². The summed E-state index contributed by atoms with van der Waals surface area (Å²) in [6.45, 7) is 3.00. The van der Waals surface area contributed by atoms with E-state index in [0.717, 1.165) is 29.7 Å². The number of hydrogen-bond acceptors (Lipinski definition) is 4. The number of carbonyl (C=O) groups excluding carboxylic acids is 2. The molecule has 34 heavy (non-hydrogen) atoms. The number of urea groups is 1. The largest absolute Gasteiger partial charge is 0.462 e. The number of aromatic nitrogens is 2. The molecule has 0 unspecified atom stereocenters. The van der Waals surface area contributed by atoms with E-state index in [0.29, 0.717) is 24.3 Å². The summed E-state index contributed by atoms with van der Waals surface area (Å²) in [6, 6.07) is 24.8. The molecule has 4 rings (SSSR count). The van der Waals surface area contributed by atoms with Gasteiger partial charge in [-0.1, -0.05) is 54.6 Å². The van der Waals surface area contributed by atoms with Gasteiger partial charge >= 0.3 is 12.0 Å². The molecule has 3 aromatic carbocycles. The van der Waals surface area contributed by atoms with Crippen LogP contribution in [0.25, 0.3) is 11.0 Å². The van der Waals surface area contributed by atoms with Crippen molar-refractivity contribution in [2.75, 3.05) is 18.5 Å². The highest BCUT2D eigenvalue weighted by Gasteiger charge is 2.14. The Morgan fingerprint density at radius 2 is 1.65 bits per heavy atom. The topological polar surface area (TPSA) is 85.2 Å². The van der Waals surface area contributed by atoms with Crippen molar-refractivity contribution in [3.05, 3.63) is 95.8 Å². The van der Waals surface area contributed by atoms with Crippen LogP contribution in [0.15, 0.2) is 78.9 Å². The fraction of sp³-hybridized carbons (Fsp3) is 0.222. The number of imidazole rings is 1. The zero-order valence-electron chi connectivity index (χ0n) is 19.2. The van der Waals surface area contributed by atoms with E-state index < -0.39 is 5.97 Å². The van der Waals surface area contributed by atoms with Gasteiger partial charge in [-0.3, -0.25) is 0 Å². The first-order chi connectivity index (χ1) is 16.7. The van der Waals surface area contributed by atoms with Crippen LogP contribution in [-0.2, 0) is 24.1 Å². The third-order valence-corrected chi connectivity index (χ3v) is 5.51. The number of hydrogen-bond donors (Lipinski definition) is 2. The van der Waals surface area contributed by atoms with Crippen LogP contribution in [0.4, 0.5) is 10.5 Å². The van der Waals surface area contributed by atoms with E-state index in [4.69, 9.17) is 9.72 Å². The van der Waals surface area contributed by atoms with Crippen LogP contribution in [0.3, 0.4) is 0 Å². The Bertz CT molecular complexity index is 1270. The molecule has 7 nitrogen and oxygen atoms in total. The number of carbonyl (C=O) groups is 2. The van der Waals surface area contributed by atoms with E-state index in [1.165, 1.54) is 5.56 Å². The van der Waals surface area contributed by atoms with Crippen LogP contribution in [0.5, 0.6) is 0 Å². The Morgan fingerprint density at radius 1 is 0.912 bits per heavy atom. The van der Waals surface area contributed by atoms with Gasteiger partial charge in [0.05, 0.1) is 28.9 Å². The zero-order valence-corrected chi connectivity index (χ0v) is 19.2.